The van der Waals surface area contributed by atoms with Crippen molar-refractivity contribution >= 4 is 17.8 Å². The predicted molar refractivity (Wildman–Crippen MR) is 49.1 cm³/mol. The lowest BCUT2D eigenvalue weighted by Gasteiger charge is -2.10. The van der Waals surface area contributed by atoms with Crippen LogP contribution in [0.25, 0.3) is 0 Å². The Balaban J connectivity index is 4.44. The van der Waals surface area contributed by atoms with Gasteiger partial charge in [-0.3, -0.25) is 9.79 Å². The average Bonchev–Trinajstić information content (AvgIpc) is 1.85. The van der Waals surface area contributed by atoms with Crippen LogP contribution in [0.15, 0.2) is 10.1 Å². The molecule has 1 amide bonds. The molecule has 0 atom stereocenters. The molecule has 0 heterocycles. The van der Waals surface area contributed by atoms with Crippen molar-refractivity contribution in [3.05, 3.63) is 0 Å². The van der Waals surface area contributed by atoms with Crippen LogP contribution in [0.3, 0.4) is 0 Å². The predicted octanol–water partition coefficient (Wildman–Crippen LogP) is -0.344. The first-order valence-electron chi connectivity index (χ1n) is 3.50. The van der Waals surface area contributed by atoms with Crippen LogP contribution in [-0.2, 0) is 4.79 Å². The summed E-state index contributed by atoms with van der Waals surface area (Å²) < 4.78 is 0. The minimum Gasteiger partial charge on any atom is -0.364 e. The van der Waals surface area contributed by atoms with Gasteiger partial charge < -0.3 is 11.6 Å². The molecular weight excluding hydrogens is 156 g/mol. The van der Waals surface area contributed by atoms with Crippen molar-refractivity contribution in [3.8, 4) is 0 Å². The second kappa shape index (κ2) is 3.85. The van der Waals surface area contributed by atoms with E-state index in [2.05, 4.69) is 10.1 Å². The zero-order valence-electron chi connectivity index (χ0n) is 7.53. The minimum absolute atomic E-state index is 0.0232. The van der Waals surface area contributed by atoms with E-state index in [4.69, 9.17) is 11.6 Å². The molecule has 0 aliphatic heterocycles. The summed E-state index contributed by atoms with van der Waals surface area (Å²) in [6.07, 6.45) is 1.28. The maximum absolute atomic E-state index is 10.6. The largest absolute Gasteiger partial charge is 0.364 e. The third-order valence-corrected chi connectivity index (χ3v) is 0.966. The molecule has 0 aromatic rings. The first-order valence-corrected chi connectivity index (χ1v) is 3.50. The van der Waals surface area contributed by atoms with Crippen LogP contribution in [0.4, 0.5) is 0 Å². The topological polar surface area (TPSA) is 93.8 Å². The van der Waals surface area contributed by atoms with Gasteiger partial charge in [-0.05, 0) is 20.8 Å². The molecule has 0 saturated carbocycles. The number of nitrogens with zero attached hydrogens (tertiary/aromatic N) is 2. The second-order valence-corrected chi connectivity index (χ2v) is 3.31. The summed E-state index contributed by atoms with van der Waals surface area (Å²) in [7, 11) is 0. The SMILES string of the molecule is CC(C)(C)N=C/C(=N\N)C(N)=O. The van der Waals surface area contributed by atoms with Gasteiger partial charge in [0.15, 0.2) is 5.71 Å². The van der Waals surface area contributed by atoms with E-state index in [0.29, 0.717) is 0 Å². The maximum Gasteiger partial charge on any atom is 0.270 e. The molecule has 0 unspecified atom stereocenters. The molecule has 12 heavy (non-hydrogen) atoms. The van der Waals surface area contributed by atoms with Crippen molar-refractivity contribution in [2.75, 3.05) is 0 Å². The quantitative estimate of drug-likeness (QED) is 0.337. The number of hydrazone groups is 1. The van der Waals surface area contributed by atoms with Gasteiger partial charge in [0.25, 0.3) is 5.91 Å². The van der Waals surface area contributed by atoms with Crippen LogP contribution in [0.2, 0.25) is 0 Å². The Morgan fingerprint density at radius 2 is 1.92 bits per heavy atom. The smallest absolute Gasteiger partial charge is 0.270 e. The van der Waals surface area contributed by atoms with E-state index in [-0.39, 0.29) is 11.3 Å². The van der Waals surface area contributed by atoms with Gasteiger partial charge in [0.05, 0.1) is 11.8 Å². The standard InChI is InChI=1S/C7H14N4O/c1-7(2,3)10-4-5(11-9)6(8)12/h4H,9H2,1-3H3,(H2,8,12)/b10-4?,11-5+. The Morgan fingerprint density at radius 3 is 2.17 bits per heavy atom. The molecule has 68 valence electrons. The van der Waals surface area contributed by atoms with Crippen molar-refractivity contribution in [2.45, 2.75) is 26.3 Å². The van der Waals surface area contributed by atoms with Crippen LogP contribution in [0.1, 0.15) is 20.8 Å². The van der Waals surface area contributed by atoms with E-state index < -0.39 is 5.91 Å². The van der Waals surface area contributed by atoms with Gasteiger partial charge in [0.2, 0.25) is 0 Å². The summed E-state index contributed by atoms with van der Waals surface area (Å²) in [6, 6.07) is 0. The lowest BCUT2D eigenvalue weighted by atomic mass is 10.1. The first-order chi connectivity index (χ1) is 5.37. The Bertz CT molecular complexity index is 224. The third kappa shape index (κ3) is 4.43. The number of carbonyl (C=O) groups excluding carboxylic acids is 1. The van der Waals surface area contributed by atoms with E-state index in [1.807, 2.05) is 20.8 Å². The number of rotatable bonds is 2. The van der Waals surface area contributed by atoms with Gasteiger partial charge in [0, 0.05) is 0 Å². The van der Waals surface area contributed by atoms with Crippen molar-refractivity contribution in [1.29, 1.82) is 0 Å². The molecule has 0 spiro atoms. The fourth-order valence-electron chi connectivity index (χ4n) is 0.415. The number of hydrogen-bond acceptors (Lipinski definition) is 4. The number of nitrogens with two attached hydrogens (primary N) is 2. The zero-order valence-corrected chi connectivity index (χ0v) is 7.53. The van der Waals surface area contributed by atoms with Gasteiger partial charge in [-0.2, -0.15) is 5.10 Å². The molecule has 0 fully saturated rings. The van der Waals surface area contributed by atoms with E-state index in [1.54, 1.807) is 0 Å². The highest BCUT2D eigenvalue weighted by molar-refractivity contribution is 6.60. The van der Waals surface area contributed by atoms with Crippen LogP contribution < -0.4 is 11.6 Å². The third-order valence-electron chi connectivity index (χ3n) is 0.966. The molecule has 5 heteroatoms. The fraction of sp³-hybridized carbons (Fsp3) is 0.571. The summed E-state index contributed by atoms with van der Waals surface area (Å²) >= 11 is 0. The van der Waals surface area contributed by atoms with Gasteiger partial charge in [-0.1, -0.05) is 0 Å². The number of amides is 1. The number of hydrogen-bond donors (Lipinski definition) is 2. The van der Waals surface area contributed by atoms with Crippen molar-refractivity contribution in [2.24, 2.45) is 21.7 Å². The van der Waals surface area contributed by atoms with Crippen LogP contribution in [-0.4, -0.2) is 23.4 Å². The Labute approximate surface area is 71.5 Å². The lowest BCUT2D eigenvalue weighted by molar-refractivity contribution is -0.111. The molecule has 0 aliphatic carbocycles. The Kier molecular flexibility index (Phi) is 3.40. The summed E-state index contributed by atoms with van der Waals surface area (Å²) in [5.41, 5.74) is 4.65. The average molecular weight is 170 g/mol. The lowest BCUT2D eigenvalue weighted by Crippen LogP contribution is -2.27. The number of aliphatic imine (C=N–C) groups is 1. The molecular formula is C7H14N4O. The normalized spacial score (nSPS) is 13.8. The van der Waals surface area contributed by atoms with Crippen LogP contribution in [0.5, 0.6) is 0 Å². The Morgan fingerprint density at radius 1 is 1.42 bits per heavy atom. The van der Waals surface area contributed by atoms with Crippen molar-refractivity contribution in [1.82, 2.24) is 0 Å². The van der Waals surface area contributed by atoms with Gasteiger partial charge in [-0.15, -0.1) is 0 Å². The van der Waals surface area contributed by atoms with Crippen molar-refractivity contribution < 1.29 is 4.79 Å². The summed E-state index contributed by atoms with van der Waals surface area (Å²) in [4.78, 5) is 14.6. The van der Waals surface area contributed by atoms with E-state index in [1.165, 1.54) is 6.21 Å². The summed E-state index contributed by atoms with van der Waals surface area (Å²) in [5.74, 6) is 4.22. The molecule has 0 saturated heterocycles. The highest BCUT2D eigenvalue weighted by Crippen LogP contribution is 2.04. The van der Waals surface area contributed by atoms with Gasteiger partial charge in [0.1, 0.15) is 0 Å². The summed E-state index contributed by atoms with van der Waals surface area (Å²) in [5, 5.41) is 3.18. The zero-order chi connectivity index (χ0) is 9.78. The first kappa shape index (κ1) is 10.6. The summed E-state index contributed by atoms with van der Waals surface area (Å²) in [6.45, 7) is 5.66. The van der Waals surface area contributed by atoms with E-state index >= 15 is 0 Å². The van der Waals surface area contributed by atoms with Crippen LogP contribution >= 0.6 is 0 Å². The van der Waals surface area contributed by atoms with Gasteiger partial charge >= 0.3 is 0 Å². The molecule has 0 rings (SSSR count). The molecule has 0 aromatic carbocycles. The van der Waals surface area contributed by atoms with Gasteiger partial charge in [-0.25, -0.2) is 0 Å². The minimum atomic E-state index is -0.675. The van der Waals surface area contributed by atoms with E-state index in [9.17, 15) is 4.79 Å². The molecule has 0 aliphatic rings. The van der Waals surface area contributed by atoms with Crippen molar-refractivity contribution in [3.63, 3.8) is 0 Å². The molecule has 0 radical (unpaired) electrons. The molecule has 0 aromatic heterocycles. The fourth-order valence-corrected chi connectivity index (χ4v) is 0.415. The number of carbonyl (C=O) groups is 1. The Hall–Kier alpha value is -1.39. The monoisotopic (exact) mass is 170 g/mol. The maximum atomic E-state index is 10.6. The highest BCUT2D eigenvalue weighted by atomic mass is 16.1. The second-order valence-electron chi connectivity index (χ2n) is 3.31. The van der Waals surface area contributed by atoms with Crippen LogP contribution in [0, 0.1) is 0 Å². The van der Waals surface area contributed by atoms with E-state index in [0.717, 1.165) is 0 Å². The molecule has 4 N–H and O–H groups in total. The molecule has 0 bridgehead atoms. The highest BCUT2D eigenvalue weighted by Gasteiger charge is 2.08. The number of primary amides is 1. The molecule has 5 nitrogen and oxygen atoms in total.